The summed E-state index contributed by atoms with van der Waals surface area (Å²) in [6, 6.07) is 5.94. The lowest BCUT2D eigenvalue weighted by Crippen LogP contribution is -2.35. The van der Waals surface area contributed by atoms with Gasteiger partial charge in [-0.15, -0.1) is 12.4 Å². The molecule has 1 aromatic carbocycles. The van der Waals surface area contributed by atoms with Crippen molar-refractivity contribution in [3.8, 4) is 0 Å². The van der Waals surface area contributed by atoms with Crippen LogP contribution in [0, 0.1) is 31.5 Å². The van der Waals surface area contributed by atoms with E-state index in [4.69, 9.17) is 0 Å². The van der Waals surface area contributed by atoms with Gasteiger partial charge >= 0.3 is 0 Å². The molecule has 27 heavy (non-hydrogen) atoms. The van der Waals surface area contributed by atoms with Gasteiger partial charge in [0.05, 0.1) is 17.4 Å². The number of hydrogen-bond acceptors (Lipinski definition) is 4. The summed E-state index contributed by atoms with van der Waals surface area (Å²) in [5.41, 5.74) is 1.83. The molecule has 1 N–H and O–H groups in total. The summed E-state index contributed by atoms with van der Waals surface area (Å²) in [7, 11) is -1.99. The smallest absolute Gasteiger partial charge is 0.247 e. The van der Waals surface area contributed by atoms with Crippen LogP contribution in [-0.2, 0) is 17.1 Å². The SMILES string of the molecule is Cc1nn(C)c(C)c1S(=O)(=O)N1C[C@@H]2CNC[C@@H]2[C@H]1c1cccc(F)c1.Cl. The second kappa shape index (κ2) is 7.16. The summed E-state index contributed by atoms with van der Waals surface area (Å²) in [5.74, 6) is 0.0298. The molecule has 0 radical (unpaired) electrons. The van der Waals surface area contributed by atoms with Crippen molar-refractivity contribution < 1.29 is 12.8 Å². The van der Waals surface area contributed by atoms with Gasteiger partial charge in [-0.2, -0.15) is 9.40 Å². The molecule has 4 rings (SSSR count). The van der Waals surface area contributed by atoms with Crippen LogP contribution < -0.4 is 5.32 Å². The van der Waals surface area contributed by atoms with Crippen LogP contribution in [0.2, 0.25) is 0 Å². The first-order valence-electron chi connectivity index (χ1n) is 8.79. The molecule has 148 valence electrons. The molecule has 0 saturated carbocycles. The van der Waals surface area contributed by atoms with E-state index in [1.807, 2.05) is 6.07 Å². The molecule has 9 heteroatoms. The normalized spacial score (nSPS) is 25.4. The molecular formula is C18H24ClFN4O2S. The summed E-state index contributed by atoms with van der Waals surface area (Å²) in [5, 5.41) is 7.62. The lowest BCUT2D eigenvalue weighted by molar-refractivity contribution is 0.344. The maximum atomic E-state index is 13.8. The molecule has 2 aliphatic rings. The Hall–Kier alpha value is -1.48. The van der Waals surface area contributed by atoms with Crippen LogP contribution in [-0.4, -0.2) is 42.1 Å². The van der Waals surface area contributed by atoms with Crippen LogP contribution in [0.15, 0.2) is 29.2 Å². The van der Waals surface area contributed by atoms with E-state index in [-0.39, 0.29) is 41.0 Å². The van der Waals surface area contributed by atoms with Crippen molar-refractivity contribution in [2.24, 2.45) is 18.9 Å². The lowest BCUT2D eigenvalue weighted by atomic mass is 9.90. The predicted octanol–water partition coefficient (Wildman–Crippen LogP) is 2.18. The number of benzene rings is 1. The third-order valence-corrected chi connectivity index (χ3v) is 7.82. The number of sulfonamides is 1. The quantitative estimate of drug-likeness (QED) is 0.835. The predicted molar refractivity (Wildman–Crippen MR) is 103 cm³/mol. The van der Waals surface area contributed by atoms with Gasteiger partial charge in [-0.3, -0.25) is 4.68 Å². The van der Waals surface area contributed by atoms with Gasteiger partial charge in [0.2, 0.25) is 10.0 Å². The lowest BCUT2D eigenvalue weighted by Gasteiger charge is -2.28. The van der Waals surface area contributed by atoms with E-state index in [1.54, 1.807) is 35.9 Å². The Morgan fingerprint density at radius 3 is 2.63 bits per heavy atom. The molecule has 0 aliphatic carbocycles. The maximum Gasteiger partial charge on any atom is 0.247 e. The minimum Gasteiger partial charge on any atom is -0.316 e. The summed E-state index contributed by atoms with van der Waals surface area (Å²) >= 11 is 0. The molecule has 0 bridgehead atoms. The topological polar surface area (TPSA) is 67.2 Å². The summed E-state index contributed by atoms with van der Waals surface area (Å²) in [6.07, 6.45) is 0. The van der Waals surface area contributed by atoms with E-state index in [0.29, 0.717) is 23.5 Å². The fourth-order valence-electron chi connectivity index (χ4n) is 4.48. The van der Waals surface area contributed by atoms with E-state index >= 15 is 0 Å². The first kappa shape index (κ1) is 20.3. The van der Waals surface area contributed by atoms with Crippen molar-refractivity contribution in [3.63, 3.8) is 0 Å². The van der Waals surface area contributed by atoms with Gasteiger partial charge in [0, 0.05) is 20.1 Å². The Balaban J connectivity index is 0.00000210. The Labute approximate surface area is 165 Å². The Kier molecular flexibility index (Phi) is 5.37. The van der Waals surface area contributed by atoms with Gasteiger partial charge in [0.15, 0.2) is 0 Å². The summed E-state index contributed by atoms with van der Waals surface area (Å²) in [4.78, 5) is 0.273. The van der Waals surface area contributed by atoms with E-state index in [1.165, 1.54) is 12.1 Å². The molecule has 3 heterocycles. The molecule has 2 saturated heterocycles. The van der Waals surface area contributed by atoms with Gasteiger partial charge in [0.25, 0.3) is 0 Å². The van der Waals surface area contributed by atoms with Crippen LogP contribution >= 0.6 is 12.4 Å². The van der Waals surface area contributed by atoms with E-state index in [9.17, 15) is 12.8 Å². The van der Waals surface area contributed by atoms with Crippen LogP contribution in [0.4, 0.5) is 4.39 Å². The zero-order chi connectivity index (χ0) is 18.6. The summed E-state index contributed by atoms with van der Waals surface area (Å²) < 4.78 is 44.1. The zero-order valence-corrected chi connectivity index (χ0v) is 17.1. The Morgan fingerprint density at radius 1 is 1.26 bits per heavy atom. The van der Waals surface area contributed by atoms with E-state index in [0.717, 1.165) is 13.1 Å². The molecule has 2 fully saturated rings. The molecule has 1 aromatic heterocycles. The average Bonchev–Trinajstić information content (AvgIpc) is 3.21. The number of nitrogens with one attached hydrogen (secondary N) is 1. The van der Waals surface area contributed by atoms with Crippen LogP contribution in [0.5, 0.6) is 0 Å². The average molecular weight is 415 g/mol. The second-order valence-corrected chi connectivity index (χ2v) is 9.11. The second-order valence-electron chi connectivity index (χ2n) is 7.28. The molecular weight excluding hydrogens is 391 g/mol. The minimum absolute atomic E-state index is 0. The third-order valence-electron chi connectivity index (χ3n) is 5.72. The molecule has 0 unspecified atom stereocenters. The highest BCUT2D eigenvalue weighted by Gasteiger charge is 2.50. The van der Waals surface area contributed by atoms with Gasteiger partial charge < -0.3 is 5.32 Å². The van der Waals surface area contributed by atoms with Crippen LogP contribution in [0.25, 0.3) is 0 Å². The van der Waals surface area contributed by atoms with Crippen molar-refractivity contribution in [1.82, 2.24) is 19.4 Å². The number of aromatic nitrogens is 2. The van der Waals surface area contributed by atoms with Gasteiger partial charge in [-0.05, 0) is 49.9 Å². The Morgan fingerprint density at radius 2 is 2.00 bits per heavy atom. The highest BCUT2D eigenvalue weighted by atomic mass is 35.5. The molecule has 0 amide bonds. The first-order chi connectivity index (χ1) is 12.3. The first-order valence-corrected chi connectivity index (χ1v) is 10.2. The minimum atomic E-state index is -3.73. The molecule has 6 nitrogen and oxygen atoms in total. The van der Waals surface area contributed by atoms with Gasteiger partial charge in [0.1, 0.15) is 10.7 Å². The zero-order valence-electron chi connectivity index (χ0n) is 15.5. The van der Waals surface area contributed by atoms with Crippen LogP contribution in [0.1, 0.15) is 23.0 Å². The number of rotatable bonds is 3. The monoisotopic (exact) mass is 414 g/mol. The highest BCUT2D eigenvalue weighted by Crippen LogP contribution is 2.46. The van der Waals surface area contributed by atoms with Crippen molar-refractivity contribution in [3.05, 3.63) is 47.0 Å². The van der Waals surface area contributed by atoms with Crippen LogP contribution in [0.3, 0.4) is 0 Å². The number of aryl methyl sites for hydroxylation is 2. The molecule has 0 spiro atoms. The Bertz CT molecular complexity index is 962. The molecule has 2 aliphatic heterocycles. The van der Waals surface area contributed by atoms with E-state index in [2.05, 4.69) is 10.4 Å². The molecule has 3 atom stereocenters. The summed E-state index contributed by atoms with van der Waals surface area (Å²) in [6.45, 7) is 5.45. The van der Waals surface area contributed by atoms with Crippen molar-refractivity contribution in [2.75, 3.05) is 19.6 Å². The van der Waals surface area contributed by atoms with E-state index < -0.39 is 10.0 Å². The van der Waals surface area contributed by atoms with Crippen molar-refractivity contribution in [2.45, 2.75) is 24.8 Å². The fraction of sp³-hybridized carbons (Fsp3) is 0.500. The highest BCUT2D eigenvalue weighted by molar-refractivity contribution is 7.89. The fourth-order valence-corrected chi connectivity index (χ4v) is 6.60. The van der Waals surface area contributed by atoms with Crippen molar-refractivity contribution >= 4 is 22.4 Å². The van der Waals surface area contributed by atoms with Crippen molar-refractivity contribution in [1.29, 1.82) is 0 Å². The number of hydrogen-bond donors (Lipinski definition) is 1. The standard InChI is InChI=1S/C18H23FN4O2S.ClH/c1-11-18(12(2)22(3)21-11)26(24,25)23-10-14-8-20-9-16(14)17(23)13-5-4-6-15(19)7-13;/h4-7,14,16-17,20H,8-10H2,1-3H3;1H/t14-,16-,17+;/m0./s1. The third kappa shape index (κ3) is 3.18. The number of fused-ring (bicyclic) bond motifs is 1. The maximum absolute atomic E-state index is 13.8. The largest absolute Gasteiger partial charge is 0.316 e. The van der Waals surface area contributed by atoms with Gasteiger partial charge in [-0.25, -0.2) is 12.8 Å². The number of halogens is 2. The molecule has 2 aromatic rings. The number of nitrogens with zero attached hydrogens (tertiary/aromatic N) is 3. The van der Waals surface area contributed by atoms with Gasteiger partial charge in [-0.1, -0.05) is 12.1 Å².